The minimum Gasteiger partial charge on any atom is -0.351 e. The Balaban J connectivity index is 1.79. The van der Waals surface area contributed by atoms with E-state index >= 15 is 0 Å². The maximum Gasteiger partial charge on any atom is 0.273 e. The number of aryl methyl sites for hydroxylation is 1. The van der Waals surface area contributed by atoms with Gasteiger partial charge in [0.05, 0.1) is 5.52 Å². The average Bonchev–Trinajstić information content (AvgIpc) is 2.98. The van der Waals surface area contributed by atoms with Gasteiger partial charge in [-0.25, -0.2) is 4.52 Å². The van der Waals surface area contributed by atoms with Crippen LogP contribution in [0.4, 0.5) is 0 Å². The van der Waals surface area contributed by atoms with E-state index in [1.807, 2.05) is 47.3 Å². The summed E-state index contributed by atoms with van der Waals surface area (Å²) in [6.45, 7) is 6.00. The van der Waals surface area contributed by atoms with Crippen LogP contribution in [-0.4, -0.2) is 26.1 Å². The molecule has 1 saturated carbocycles. The highest BCUT2D eigenvalue weighted by Crippen LogP contribution is 2.27. The lowest BCUT2D eigenvalue weighted by Gasteiger charge is -2.31. The lowest BCUT2D eigenvalue weighted by atomic mass is 9.86. The van der Waals surface area contributed by atoms with Crippen LogP contribution in [0.1, 0.15) is 51.3 Å². The van der Waals surface area contributed by atoms with Crippen molar-refractivity contribution in [2.45, 2.75) is 58.5 Å². The van der Waals surface area contributed by atoms with Crippen molar-refractivity contribution < 1.29 is 4.79 Å². The van der Waals surface area contributed by atoms with Crippen LogP contribution in [0, 0.1) is 12.8 Å². The second-order valence-corrected chi connectivity index (χ2v) is 7.79. The molecule has 1 aliphatic carbocycles. The summed E-state index contributed by atoms with van der Waals surface area (Å²) in [6.07, 6.45) is 4.62. The summed E-state index contributed by atoms with van der Waals surface area (Å²) < 4.78 is 3.84. The van der Waals surface area contributed by atoms with Gasteiger partial charge in [-0.2, -0.15) is 4.98 Å². The van der Waals surface area contributed by atoms with Gasteiger partial charge in [0.25, 0.3) is 5.56 Å². The molecule has 0 aliphatic heterocycles. The Bertz CT molecular complexity index is 1070. The smallest absolute Gasteiger partial charge is 0.273 e. The van der Waals surface area contributed by atoms with E-state index < -0.39 is 6.04 Å². The van der Waals surface area contributed by atoms with E-state index in [-0.39, 0.29) is 17.5 Å². The van der Waals surface area contributed by atoms with Crippen molar-refractivity contribution in [1.29, 1.82) is 0 Å². The molecule has 3 aromatic rings. The fourth-order valence-corrected chi connectivity index (χ4v) is 4.33. The van der Waals surface area contributed by atoms with Crippen molar-refractivity contribution in [2.24, 2.45) is 5.92 Å². The second kappa shape index (κ2) is 6.83. The molecule has 1 N–H and O–H groups in total. The van der Waals surface area contributed by atoms with Crippen LogP contribution in [0.5, 0.6) is 0 Å². The second-order valence-electron chi connectivity index (χ2n) is 7.79. The van der Waals surface area contributed by atoms with E-state index in [4.69, 9.17) is 0 Å². The van der Waals surface area contributed by atoms with Crippen molar-refractivity contribution in [3.63, 3.8) is 0 Å². The van der Waals surface area contributed by atoms with E-state index in [2.05, 4.69) is 17.2 Å². The number of nitrogens with one attached hydrogen (secondary N) is 1. The maximum atomic E-state index is 13.1. The standard InChI is InChI=1S/C21H26N4O2/c1-13-8-4-6-10-17(13)22-21(27)15(3)25-18-11-7-5-9-16(18)20-23-19(26)12-14(2)24(20)25/h5,7,9,11-13,15,17H,4,6,8,10H2,1-3H3,(H,22,27)/t13-,15+,17+/m0/s1. The van der Waals surface area contributed by atoms with E-state index in [1.54, 1.807) is 0 Å². The zero-order chi connectivity index (χ0) is 19.1. The lowest BCUT2D eigenvalue weighted by molar-refractivity contribution is -0.125. The summed E-state index contributed by atoms with van der Waals surface area (Å²) in [5, 5.41) is 4.14. The van der Waals surface area contributed by atoms with E-state index in [1.165, 1.54) is 25.3 Å². The number of para-hydroxylation sites is 1. The van der Waals surface area contributed by atoms with Crippen molar-refractivity contribution in [1.82, 2.24) is 19.5 Å². The molecule has 0 spiro atoms. The number of fused-ring (bicyclic) bond motifs is 3. The maximum absolute atomic E-state index is 13.1. The summed E-state index contributed by atoms with van der Waals surface area (Å²) >= 11 is 0. The Kier molecular flexibility index (Phi) is 4.50. The SMILES string of the molecule is Cc1cc(=O)nc2c3ccccc3n([C@H](C)C(=O)N[C@@H]3CCCC[C@@H]3C)n12. The van der Waals surface area contributed by atoms with Gasteiger partial charge in [0.1, 0.15) is 6.04 Å². The highest BCUT2D eigenvalue weighted by molar-refractivity contribution is 5.94. The van der Waals surface area contributed by atoms with Crippen LogP contribution in [0.2, 0.25) is 0 Å². The first kappa shape index (κ1) is 17.8. The van der Waals surface area contributed by atoms with Crippen LogP contribution in [-0.2, 0) is 4.79 Å². The molecule has 4 rings (SSSR count). The third kappa shape index (κ3) is 3.03. The Hall–Kier alpha value is -2.63. The highest BCUT2D eigenvalue weighted by atomic mass is 16.2. The summed E-state index contributed by atoms with van der Waals surface area (Å²) in [4.78, 5) is 29.2. The van der Waals surface area contributed by atoms with Crippen molar-refractivity contribution in [3.05, 3.63) is 46.4 Å². The van der Waals surface area contributed by atoms with Crippen LogP contribution in [0.15, 0.2) is 35.1 Å². The lowest BCUT2D eigenvalue weighted by Crippen LogP contribution is -2.44. The highest BCUT2D eigenvalue weighted by Gasteiger charge is 2.27. The molecule has 0 unspecified atom stereocenters. The number of carbonyl (C=O) groups is 1. The van der Waals surface area contributed by atoms with Gasteiger partial charge in [0, 0.05) is 23.2 Å². The van der Waals surface area contributed by atoms with Crippen molar-refractivity contribution in [2.75, 3.05) is 0 Å². The Morgan fingerprint density at radius 3 is 2.78 bits per heavy atom. The third-order valence-corrected chi connectivity index (χ3v) is 5.88. The van der Waals surface area contributed by atoms with Gasteiger partial charge in [0.15, 0.2) is 5.65 Å². The minimum atomic E-state index is -0.412. The summed E-state index contributed by atoms with van der Waals surface area (Å²) in [5.74, 6) is 0.515. The number of hydrogen-bond acceptors (Lipinski definition) is 3. The number of rotatable bonds is 3. The number of benzene rings is 1. The number of amides is 1. The molecule has 27 heavy (non-hydrogen) atoms. The molecule has 1 aliphatic rings. The van der Waals surface area contributed by atoms with Gasteiger partial charge in [-0.15, -0.1) is 0 Å². The molecular weight excluding hydrogens is 340 g/mol. The number of carbonyl (C=O) groups excluding carboxylic acids is 1. The molecule has 2 aromatic heterocycles. The van der Waals surface area contributed by atoms with E-state index in [0.29, 0.717) is 11.6 Å². The molecule has 1 aromatic carbocycles. The van der Waals surface area contributed by atoms with Crippen LogP contribution < -0.4 is 10.9 Å². The Labute approximate surface area is 158 Å². The normalized spacial score (nSPS) is 21.4. The molecule has 3 atom stereocenters. The topological polar surface area (TPSA) is 68.4 Å². The van der Waals surface area contributed by atoms with E-state index in [0.717, 1.165) is 23.0 Å². The molecule has 0 bridgehead atoms. The number of hydrogen-bond donors (Lipinski definition) is 1. The first-order chi connectivity index (χ1) is 13.0. The van der Waals surface area contributed by atoms with Gasteiger partial charge >= 0.3 is 0 Å². The molecule has 6 nitrogen and oxygen atoms in total. The van der Waals surface area contributed by atoms with Gasteiger partial charge in [-0.1, -0.05) is 31.9 Å². The summed E-state index contributed by atoms with van der Waals surface area (Å²) in [6, 6.07) is 9.12. The molecule has 0 saturated heterocycles. The van der Waals surface area contributed by atoms with Gasteiger partial charge < -0.3 is 5.32 Å². The Morgan fingerprint density at radius 1 is 1.26 bits per heavy atom. The van der Waals surface area contributed by atoms with Crippen LogP contribution in [0.25, 0.3) is 16.6 Å². The summed E-state index contributed by atoms with van der Waals surface area (Å²) in [5.41, 5.74) is 2.01. The number of aromatic nitrogens is 3. The quantitative estimate of drug-likeness (QED) is 0.774. The number of nitrogens with zero attached hydrogens (tertiary/aromatic N) is 3. The van der Waals surface area contributed by atoms with E-state index in [9.17, 15) is 9.59 Å². The fourth-order valence-electron chi connectivity index (χ4n) is 4.33. The molecular formula is C21H26N4O2. The largest absolute Gasteiger partial charge is 0.351 e. The fraction of sp³-hybridized carbons (Fsp3) is 0.476. The molecule has 2 heterocycles. The molecule has 142 valence electrons. The molecule has 0 radical (unpaired) electrons. The summed E-state index contributed by atoms with van der Waals surface area (Å²) in [7, 11) is 0. The first-order valence-electron chi connectivity index (χ1n) is 9.77. The zero-order valence-corrected chi connectivity index (χ0v) is 16.1. The van der Waals surface area contributed by atoms with Crippen LogP contribution in [0.3, 0.4) is 0 Å². The van der Waals surface area contributed by atoms with Gasteiger partial charge in [0.2, 0.25) is 5.91 Å². The van der Waals surface area contributed by atoms with Crippen molar-refractivity contribution >= 4 is 22.5 Å². The molecule has 1 amide bonds. The first-order valence-corrected chi connectivity index (χ1v) is 9.77. The van der Waals surface area contributed by atoms with Gasteiger partial charge in [-0.3, -0.25) is 14.3 Å². The van der Waals surface area contributed by atoms with Gasteiger partial charge in [-0.05, 0) is 44.7 Å². The molecule has 6 heteroatoms. The third-order valence-electron chi connectivity index (χ3n) is 5.88. The van der Waals surface area contributed by atoms with Crippen molar-refractivity contribution in [3.8, 4) is 0 Å². The minimum absolute atomic E-state index is 0.00880. The predicted molar refractivity (Wildman–Crippen MR) is 106 cm³/mol. The Morgan fingerprint density at radius 2 is 2.00 bits per heavy atom. The predicted octanol–water partition coefficient (Wildman–Crippen LogP) is 3.21. The van der Waals surface area contributed by atoms with Crippen LogP contribution >= 0.6 is 0 Å². The zero-order valence-electron chi connectivity index (χ0n) is 16.1. The average molecular weight is 366 g/mol. The molecule has 1 fully saturated rings. The monoisotopic (exact) mass is 366 g/mol.